The van der Waals surface area contributed by atoms with E-state index in [1.807, 2.05) is 12.1 Å². The van der Waals surface area contributed by atoms with Gasteiger partial charge in [-0.15, -0.1) is 0 Å². The Kier molecular flexibility index (Phi) is 3.19. The number of hydrogen-bond acceptors (Lipinski definition) is 4. The molecule has 4 nitrogen and oxygen atoms in total. The molecular formula is C22H17N3O. The highest BCUT2D eigenvalue weighted by molar-refractivity contribution is 5.90. The lowest BCUT2D eigenvalue weighted by Gasteiger charge is -2.29. The maximum atomic E-state index is 6.27. The predicted molar refractivity (Wildman–Crippen MR) is 103 cm³/mol. The van der Waals surface area contributed by atoms with Gasteiger partial charge in [0.25, 0.3) is 0 Å². The van der Waals surface area contributed by atoms with E-state index >= 15 is 0 Å². The van der Waals surface area contributed by atoms with Crippen LogP contribution in [0.4, 0.5) is 5.82 Å². The van der Waals surface area contributed by atoms with E-state index in [1.165, 1.54) is 17.3 Å². The maximum absolute atomic E-state index is 6.27. The number of hydrogen-bond donors (Lipinski definition) is 1. The third kappa shape index (κ3) is 2.15. The van der Waals surface area contributed by atoms with E-state index in [9.17, 15) is 0 Å². The number of ether oxygens (including phenoxy) is 1. The van der Waals surface area contributed by atoms with Gasteiger partial charge in [0.15, 0.2) is 0 Å². The molecule has 1 aliphatic rings. The molecule has 0 unspecified atom stereocenters. The van der Waals surface area contributed by atoms with E-state index < -0.39 is 0 Å². The van der Waals surface area contributed by atoms with E-state index in [0.717, 1.165) is 27.8 Å². The number of nitrogen functional groups attached to an aromatic ring is 1. The van der Waals surface area contributed by atoms with Crippen molar-refractivity contribution in [1.29, 1.82) is 0 Å². The van der Waals surface area contributed by atoms with Crippen molar-refractivity contribution in [2.75, 3.05) is 5.73 Å². The fraction of sp³-hybridized carbons (Fsp3) is 0.0909. The van der Waals surface area contributed by atoms with Gasteiger partial charge in [-0.2, -0.15) is 0 Å². The molecule has 4 aromatic rings. The van der Waals surface area contributed by atoms with Crippen LogP contribution in [0.5, 0.6) is 11.6 Å². The lowest BCUT2D eigenvalue weighted by Crippen LogP contribution is -2.16. The SMILES string of the molecule is Cc1ccc([C@H]2c3c(N)ncnc3Oc3ccc4ccccc4c32)cc1. The molecule has 0 saturated carbocycles. The van der Waals surface area contributed by atoms with Crippen LogP contribution < -0.4 is 10.5 Å². The number of rotatable bonds is 1. The number of anilines is 1. The third-order valence-corrected chi connectivity index (χ3v) is 5.00. The molecule has 26 heavy (non-hydrogen) atoms. The summed E-state index contributed by atoms with van der Waals surface area (Å²) in [6, 6.07) is 21.0. The maximum Gasteiger partial charge on any atom is 0.228 e. The van der Waals surface area contributed by atoms with Gasteiger partial charge < -0.3 is 10.5 Å². The average molecular weight is 339 g/mol. The zero-order chi connectivity index (χ0) is 17.7. The van der Waals surface area contributed by atoms with Gasteiger partial charge in [0.05, 0.1) is 5.56 Å². The van der Waals surface area contributed by atoms with Crippen LogP contribution in [-0.2, 0) is 0 Å². The highest BCUT2D eigenvalue weighted by Crippen LogP contribution is 2.50. The van der Waals surface area contributed by atoms with Gasteiger partial charge in [0.2, 0.25) is 5.88 Å². The molecule has 0 radical (unpaired) electrons. The summed E-state index contributed by atoms with van der Waals surface area (Å²) in [5.74, 6) is 1.74. The Labute approximate surface area is 151 Å². The van der Waals surface area contributed by atoms with Crippen LogP contribution in [0, 0.1) is 6.92 Å². The summed E-state index contributed by atoms with van der Waals surface area (Å²) in [5.41, 5.74) is 10.6. The van der Waals surface area contributed by atoms with Gasteiger partial charge in [0.1, 0.15) is 17.9 Å². The lowest BCUT2D eigenvalue weighted by atomic mass is 9.81. The molecule has 2 heterocycles. The first-order valence-electron chi connectivity index (χ1n) is 8.59. The van der Waals surface area contributed by atoms with Crippen LogP contribution >= 0.6 is 0 Å². The van der Waals surface area contributed by atoms with Crippen LogP contribution in [0.25, 0.3) is 10.8 Å². The highest BCUT2D eigenvalue weighted by atomic mass is 16.5. The Bertz CT molecular complexity index is 1140. The zero-order valence-electron chi connectivity index (χ0n) is 14.3. The van der Waals surface area contributed by atoms with E-state index in [-0.39, 0.29) is 5.92 Å². The van der Waals surface area contributed by atoms with Crippen molar-refractivity contribution in [3.05, 3.63) is 89.2 Å². The first-order valence-corrected chi connectivity index (χ1v) is 8.59. The monoisotopic (exact) mass is 339 g/mol. The van der Waals surface area contributed by atoms with E-state index in [0.29, 0.717) is 11.7 Å². The lowest BCUT2D eigenvalue weighted by molar-refractivity contribution is 0.434. The van der Waals surface area contributed by atoms with Crippen LogP contribution in [0.2, 0.25) is 0 Å². The molecule has 2 N–H and O–H groups in total. The summed E-state index contributed by atoms with van der Waals surface area (Å²) in [7, 11) is 0. The molecule has 0 aliphatic carbocycles. The molecule has 126 valence electrons. The molecule has 5 rings (SSSR count). The minimum Gasteiger partial charge on any atom is -0.438 e. The third-order valence-electron chi connectivity index (χ3n) is 5.00. The van der Waals surface area contributed by atoms with Gasteiger partial charge in [0, 0.05) is 11.5 Å². The van der Waals surface area contributed by atoms with Crippen molar-refractivity contribution >= 4 is 16.6 Å². The largest absolute Gasteiger partial charge is 0.438 e. The van der Waals surface area contributed by atoms with Crippen LogP contribution in [0.3, 0.4) is 0 Å². The van der Waals surface area contributed by atoms with E-state index in [4.69, 9.17) is 10.5 Å². The summed E-state index contributed by atoms with van der Waals surface area (Å²) >= 11 is 0. The van der Waals surface area contributed by atoms with Gasteiger partial charge >= 0.3 is 0 Å². The Morgan fingerprint density at radius 1 is 0.885 bits per heavy atom. The number of aryl methyl sites for hydroxylation is 1. The Morgan fingerprint density at radius 3 is 2.54 bits per heavy atom. The summed E-state index contributed by atoms with van der Waals surface area (Å²) in [6.07, 6.45) is 1.45. The first-order chi connectivity index (χ1) is 12.7. The Balaban J connectivity index is 1.87. The molecule has 0 spiro atoms. The van der Waals surface area contributed by atoms with Crippen molar-refractivity contribution in [3.63, 3.8) is 0 Å². The molecular weight excluding hydrogens is 322 g/mol. The van der Waals surface area contributed by atoms with E-state index in [2.05, 4.69) is 65.4 Å². The summed E-state index contributed by atoms with van der Waals surface area (Å²) in [5, 5.41) is 2.33. The molecule has 1 aromatic heterocycles. The summed E-state index contributed by atoms with van der Waals surface area (Å²) in [6.45, 7) is 2.09. The molecule has 1 aliphatic heterocycles. The standard InChI is InChI=1S/C22H17N3O/c1-13-6-8-15(9-7-13)18-19-16-5-3-2-4-14(16)10-11-17(19)26-22-20(18)21(23)24-12-25-22/h2-12,18H,1H3,(H2,23,24,25)/t18-/m1/s1. The minimum absolute atomic E-state index is 0.0679. The fourth-order valence-corrected chi connectivity index (χ4v) is 3.75. The van der Waals surface area contributed by atoms with Gasteiger partial charge in [-0.25, -0.2) is 9.97 Å². The number of benzene rings is 3. The van der Waals surface area contributed by atoms with Gasteiger partial charge in [-0.3, -0.25) is 0 Å². The van der Waals surface area contributed by atoms with E-state index in [1.54, 1.807) is 0 Å². The summed E-state index contributed by atoms with van der Waals surface area (Å²) < 4.78 is 6.11. The summed E-state index contributed by atoms with van der Waals surface area (Å²) in [4.78, 5) is 8.56. The molecule has 4 heteroatoms. The Morgan fingerprint density at radius 2 is 1.69 bits per heavy atom. The van der Waals surface area contributed by atoms with Crippen molar-refractivity contribution in [3.8, 4) is 11.6 Å². The van der Waals surface area contributed by atoms with Crippen molar-refractivity contribution < 1.29 is 4.74 Å². The number of nitrogens with zero attached hydrogens (tertiary/aromatic N) is 2. The fourth-order valence-electron chi connectivity index (χ4n) is 3.75. The van der Waals surface area contributed by atoms with Crippen LogP contribution in [0.15, 0.2) is 67.0 Å². The number of aromatic nitrogens is 2. The van der Waals surface area contributed by atoms with Crippen molar-refractivity contribution in [2.24, 2.45) is 0 Å². The smallest absolute Gasteiger partial charge is 0.228 e. The van der Waals surface area contributed by atoms with Gasteiger partial charge in [-0.1, -0.05) is 60.2 Å². The molecule has 0 bridgehead atoms. The minimum atomic E-state index is -0.0679. The predicted octanol–water partition coefficient (Wildman–Crippen LogP) is 4.81. The molecule has 1 atom stereocenters. The number of fused-ring (bicyclic) bond motifs is 4. The van der Waals surface area contributed by atoms with Crippen molar-refractivity contribution in [2.45, 2.75) is 12.8 Å². The number of nitrogens with two attached hydrogens (primary N) is 1. The topological polar surface area (TPSA) is 61.0 Å². The second-order valence-electron chi connectivity index (χ2n) is 6.62. The normalized spacial score (nSPS) is 15.2. The van der Waals surface area contributed by atoms with Crippen molar-refractivity contribution in [1.82, 2.24) is 9.97 Å². The molecule has 0 fully saturated rings. The Hall–Kier alpha value is -3.40. The zero-order valence-corrected chi connectivity index (χ0v) is 14.3. The first kappa shape index (κ1) is 14.9. The quantitative estimate of drug-likeness (QED) is 0.476. The molecule has 0 saturated heterocycles. The van der Waals surface area contributed by atoms with Crippen LogP contribution in [0.1, 0.15) is 28.2 Å². The second kappa shape index (κ2) is 5.56. The van der Waals surface area contributed by atoms with Gasteiger partial charge in [-0.05, 0) is 29.3 Å². The second-order valence-corrected chi connectivity index (χ2v) is 6.62. The highest BCUT2D eigenvalue weighted by Gasteiger charge is 2.33. The average Bonchev–Trinajstić information content (AvgIpc) is 2.67. The van der Waals surface area contributed by atoms with Crippen LogP contribution in [-0.4, -0.2) is 9.97 Å². The molecule has 3 aromatic carbocycles. The molecule has 0 amide bonds.